The monoisotopic (exact) mass is 247 g/mol. The summed E-state index contributed by atoms with van der Waals surface area (Å²) in [6.07, 6.45) is 4.67. The number of nitrogens with one attached hydrogen (secondary N) is 2. The third-order valence-corrected chi connectivity index (χ3v) is 3.80. The standard InChI is InChI=1S/C12H17N5O/c1-6-2-4-7(5-3-6)9-14-8-10(15-9)16-12(13)17-11(8)18/h6-7H,2-5H2,1H3,(H4,13,14,15,16,17,18). The molecule has 1 aliphatic carbocycles. The van der Waals surface area contributed by atoms with Crippen LogP contribution < -0.4 is 11.3 Å². The van der Waals surface area contributed by atoms with Gasteiger partial charge in [0.15, 0.2) is 11.2 Å². The molecule has 0 aromatic carbocycles. The van der Waals surface area contributed by atoms with E-state index < -0.39 is 0 Å². The van der Waals surface area contributed by atoms with E-state index in [0.717, 1.165) is 24.6 Å². The molecule has 0 unspecified atom stereocenters. The summed E-state index contributed by atoms with van der Waals surface area (Å²) in [5, 5.41) is 0. The third kappa shape index (κ3) is 1.87. The van der Waals surface area contributed by atoms with Crippen molar-refractivity contribution in [1.82, 2.24) is 19.9 Å². The molecular weight excluding hydrogens is 230 g/mol. The number of nitrogens with two attached hydrogens (primary N) is 1. The summed E-state index contributed by atoms with van der Waals surface area (Å²) in [5.41, 5.74) is 6.11. The Kier molecular flexibility index (Phi) is 2.57. The summed E-state index contributed by atoms with van der Waals surface area (Å²) in [5.74, 6) is 2.20. The van der Waals surface area contributed by atoms with Gasteiger partial charge in [0.25, 0.3) is 5.56 Å². The Balaban J connectivity index is 1.98. The zero-order valence-electron chi connectivity index (χ0n) is 10.4. The average Bonchev–Trinajstić information content (AvgIpc) is 2.74. The SMILES string of the molecule is CC1CCC(c2nc3nc(N)[nH]c(=O)c3[nH]2)CC1. The van der Waals surface area contributed by atoms with Crippen molar-refractivity contribution in [3.05, 3.63) is 16.2 Å². The van der Waals surface area contributed by atoms with Crippen LogP contribution in [-0.2, 0) is 0 Å². The number of H-pyrrole nitrogens is 2. The van der Waals surface area contributed by atoms with Crippen molar-refractivity contribution in [1.29, 1.82) is 0 Å². The van der Waals surface area contributed by atoms with Crippen LogP contribution in [-0.4, -0.2) is 19.9 Å². The van der Waals surface area contributed by atoms with Crippen LogP contribution >= 0.6 is 0 Å². The molecule has 1 saturated carbocycles. The summed E-state index contributed by atoms with van der Waals surface area (Å²) in [4.78, 5) is 25.7. The topological polar surface area (TPSA) is 100 Å². The lowest BCUT2D eigenvalue weighted by atomic mass is 9.83. The van der Waals surface area contributed by atoms with E-state index in [0.29, 0.717) is 17.1 Å². The predicted molar refractivity (Wildman–Crippen MR) is 69.3 cm³/mol. The number of nitrogens with zero attached hydrogens (tertiary/aromatic N) is 2. The number of hydrogen-bond donors (Lipinski definition) is 3. The van der Waals surface area contributed by atoms with E-state index in [1.165, 1.54) is 12.8 Å². The first kappa shape index (κ1) is 11.3. The van der Waals surface area contributed by atoms with Gasteiger partial charge in [-0.25, -0.2) is 4.98 Å². The van der Waals surface area contributed by atoms with Gasteiger partial charge in [0.05, 0.1) is 0 Å². The normalized spacial score (nSPS) is 24.5. The van der Waals surface area contributed by atoms with E-state index in [4.69, 9.17) is 5.73 Å². The van der Waals surface area contributed by atoms with Crippen molar-refractivity contribution in [2.24, 2.45) is 5.92 Å². The van der Waals surface area contributed by atoms with Crippen LogP contribution in [0.3, 0.4) is 0 Å². The van der Waals surface area contributed by atoms with Gasteiger partial charge in [-0.3, -0.25) is 9.78 Å². The highest BCUT2D eigenvalue weighted by molar-refractivity contribution is 5.70. The second-order valence-electron chi connectivity index (χ2n) is 5.23. The number of imidazole rings is 1. The van der Waals surface area contributed by atoms with Crippen LogP contribution in [0.25, 0.3) is 11.2 Å². The maximum absolute atomic E-state index is 11.7. The van der Waals surface area contributed by atoms with Crippen LogP contribution in [0.15, 0.2) is 4.79 Å². The summed E-state index contributed by atoms with van der Waals surface area (Å²) in [6, 6.07) is 0. The molecule has 1 fully saturated rings. The molecule has 0 aliphatic heterocycles. The van der Waals surface area contributed by atoms with Crippen LogP contribution in [0.1, 0.15) is 44.3 Å². The zero-order chi connectivity index (χ0) is 12.7. The van der Waals surface area contributed by atoms with Crippen LogP contribution in [0.5, 0.6) is 0 Å². The van der Waals surface area contributed by atoms with Gasteiger partial charge < -0.3 is 10.7 Å². The lowest BCUT2D eigenvalue weighted by Gasteiger charge is -2.24. The Hall–Kier alpha value is -1.85. The first-order chi connectivity index (χ1) is 8.63. The number of aromatic amines is 2. The molecule has 1 aliphatic rings. The molecule has 6 nitrogen and oxygen atoms in total. The molecule has 0 bridgehead atoms. The first-order valence-corrected chi connectivity index (χ1v) is 6.39. The number of nitrogen functional groups attached to an aromatic ring is 1. The Morgan fingerprint density at radius 3 is 2.61 bits per heavy atom. The van der Waals surface area contributed by atoms with Gasteiger partial charge in [-0.1, -0.05) is 19.8 Å². The average molecular weight is 247 g/mol. The molecule has 0 radical (unpaired) electrons. The molecule has 2 aromatic heterocycles. The molecular formula is C12H17N5O. The zero-order valence-corrected chi connectivity index (χ0v) is 10.4. The molecule has 0 atom stereocenters. The maximum atomic E-state index is 11.7. The van der Waals surface area contributed by atoms with Crippen LogP contribution in [0.2, 0.25) is 0 Å². The van der Waals surface area contributed by atoms with E-state index in [-0.39, 0.29) is 11.5 Å². The number of rotatable bonds is 1. The van der Waals surface area contributed by atoms with Crippen LogP contribution in [0.4, 0.5) is 5.95 Å². The lowest BCUT2D eigenvalue weighted by molar-refractivity contribution is 0.341. The summed E-state index contributed by atoms with van der Waals surface area (Å²) >= 11 is 0. The fraction of sp³-hybridized carbons (Fsp3) is 0.583. The fourth-order valence-electron chi connectivity index (χ4n) is 2.67. The van der Waals surface area contributed by atoms with Gasteiger partial charge in [-0.15, -0.1) is 0 Å². The molecule has 96 valence electrons. The quantitative estimate of drug-likeness (QED) is 0.711. The van der Waals surface area contributed by atoms with Crippen molar-refractivity contribution < 1.29 is 0 Å². The highest BCUT2D eigenvalue weighted by Gasteiger charge is 2.23. The molecule has 6 heteroatoms. The largest absolute Gasteiger partial charge is 0.369 e. The van der Waals surface area contributed by atoms with Gasteiger partial charge in [0.1, 0.15) is 5.82 Å². The second-order valence-corrected chi connectivity index (χ2v) is 5.23. The van der Waals surface area contributed by atoms with Crippen molar-refractivity contribution in [3.63, 3.8) is 0 Å². The van der Waals surface area contributed by atoms with Crippen molar-refractivity contribution >= 4 is 17.1 Å². The van der Waals surface area contributed by atoms with E-state index >= 15 is 0 Å². The van der Waals surface area contributed by atoms with E-state index in [2.05, 4.69) is 26.9 Å². The fourth-order valence-corrected chi connectivity index (χ4v) is 2.67. The number of anilines is 1. The Morgan fingerprint density at radius 2 is 1.89 bits per heavy atom. The molecule has 4 N–H and O–H groups in total. The lowest BCUT2D eigenvalue weighted by Crippen LogP contribution is -2.12. The smallest absolute Gasteiger partial charge is 0.278 e. The van der Waals surface area contributed by atoms with Gasteiger partial charge in [-0.2, -0.15) is 4.98 Å². The van der Waals surface area contributed by atoms with E-state index in [1.807, 2.05) is 0 Å². The summed E-state index contributed by atoms with van der Waals surface area (Å²) < 4.78 is 0. The van der Waals surface area contributed by atoms with Gasteiger partial charge >= 0.3 is 0 Å². The van der Waals surface area contributed by atoms with Crippen molar-refractivity contribution in [2.75, 3.05) is 5.73 Å². The molecule has 3 rings (SSSR count). The molecule has 0 spiro atoms. The minimum Gasteiger partial charge on any atom is -0.369 e. The van der Waals surface area contributed by atoms with Gasteiger partial charge in [-0.05, 0) is 18.8 Å². The molecule has 0 amide bonds. The Morgan fingerprint density at radius 1 is 1.17 bits per heavy atom. The summed E-state index contributed by atoms with van der Waals surface area (Å²) in [7, 11) is 0. The molecule has 0 saturated heterocycles. The highest BCUT2D eigenvalue weighted by atomic mass is 16.1. The maximum Gasteiger partial charge on any atom is 0.278 e. The summed E-state index contributed by atoms with van der Waals surface area (Å²) in [6.45, 7) is 2.28. The highest BCUT2D eigenvalue weighted by Crippen LogP contribution is 2.34. The van der Waals surface area contributed by atoms with Gasteiger partial charge in [0, 0.05) is 5.92 Å². The van der Waals surface area contributed by atoms with Crippen LogP contribution in [0, 0.1) is 5.92 Å². The Bertz CT molecular complexity index is 621. The first-order valence-electron chi connectivity index (χ1n) is 6.39. The van der Waals surface area contributed by atoms with Crippen molar-refractivity contribution in [3.8, 4) is 0 Å². The van der Waals surface area contributed by atoms with E-state index in [1.54, 1.807) is 0 Å². The van der Waals surface area contributed by atoms with Gasteiger partial charge in [0.2, 0.25) is 5.95 Å². The number of aromatic nitrogens is 4. The number of hydrogen-bond acceptors (Lipinski definition) is 4. The third-order valence-electron chi connectivity index (χ3n) is 3.80. The predicted octanol–water partition coefficient (Wildman–Crippen LogP) is 1.52. The van der Waals surface area contributed by atoms with E-state index in [9.17, 15) is 4.79 Å². The minimum atomic E-state index is -0.250. The second kappa shape index (κ2) is 4.12. The Labute approximate surface area is 104 Å². The minimum absolute atomic E-state index is 0.114. The number of fused-ring (bicyclic) bond motifs is 1. The molecule has 2 aromatic rings. The van der Waals surface area contributed by atoms with Crippen molar-refractivity contribution in [2.45, 2.75) is 38.5 Å². The molecule has 18 heavy (non-hydrogen) atoms. The molecule has 2 heterocycles.